The van der Waals surface area contributed by atoms with Gasteiger partial charge < -0.3 is 20.3 Å². The third-order valence-electron chi connectivity index (χ3n) is 6.06. The zero-order valence-electron chi connectivity index (χ0n) is 20.5. The normalized spacial score (nSPS) is 19.0. The van der Waals surface area contributed by atoms with Crippen molar-refractivity contribution >= 4 is 24.0 Å². The molecule has 0 spiro atoms. The number of aliphatic imine (C=N–C) groups is 1. The van der Waals surface area contributed by atoms with Gasteiger partial charge in [0, 0.05) is 24.1 Å². The van der Waals surface area contributed by atoms with Crippen LogP contribution in [0.25, 0.3) is 6.08 Å². The highest BCUT2D eigenvalue weighted by Crippen LogP contribution is 2.35. The molecule has 2 aromatic rings. The van der Waals surface area contributed by atoms with Crippen molar-refractivity contribution in [3.05, 3.63) is 90.2 Å². The second-order valence-electron chi connectivity index (χ2n) is 8.57. The molecule has 1 heterocycles. The first-order chi connectivity index (χ1) is 16.9. The zero-order valence-corrected chi connectivity index (χ0v) is 20.5. The van der Waals surface area contributed by atoms with E-state index in [1.807, 2.05) is 30.4 Å². The fourth-order valence-corrected chi connectivity index (χ4v) is 4.46. The van der Waals surface area contributed by atoms with Crippen LogP contribution in [-0.4, -0.2) is 30.3 Å². The minimum atomic E-state index is -0.268. The van der Waals surface area contributed by atoms with Gasteiger partial charge in [-0.25, -0.2) is 4.39 Å². The van der Waals surface area contributed by atoms with E-state index < -0.39 is 0 Å². The minimum absolute atomic E-state index is 0.00653. The van der Waals surface area contributed by atoms with E-state index in [1.54, 1.807) is 43.5 Å². The van der Waals surface area contributed by atoms with Crippen molar-refractivity contribution in [2.75, 3.05) is 12.0 Å². The predicted octanol–water partition coefficient (Wildman–Crippen LogP) is 5.79. The summed E-state index contributed by atoms with van der Waals surface area (Å²) in [6.07, 6.45) is 10.7. The molecule has 35 heavy (non-hydrogen) atoms. The number of halogens is 1. The van der Waals surface area contributed by atoms with Gasteiger partial charge in [0.25, 0.3) is 0 Å². The molecule has 7 heteroatoms. The number of rotatable bonds is 8. The molecule has 1 aliphatic rings. The number of amides is 1. The lowest BCUT2D eigenvalue weighted by Crippen LogP contribution is -2.43. The fourth-order valence-electron chi connectivity index (χ4n) is 4.46. The summed E-state index contributed by atoms with van der Waals surface area (Å²) >= 11 is 0. The van der Waals surface area contributed by atoms with E-state index >= 15 is 0 Å². The summed E-state index contributed by atoms with van der Waals surface area (Å²) < 4.78 is 19.1. The molecule has 0 saturated carbocycles. The maximum absolute atomic E-state index is 13.5. The highest BCUT2D eigenvalue weighted by Gasteiger charge is 2.30. The van der Waals surface area contributed by atoms with E-state index in [2.05, 4.69) is 23.4 Å². The molecule has 1 amide bonds. The third-order valence-corrected chi connectivity index (χ3v) is 6.06. The van der Waals surface area contributed by atoms with Crippen molar-refractivity contribution in [2.24, 2.45) is 10.7 Å². The van der Waals surface area contributed by atoms with E-state index in [9.17, 15) is 9.18 Å². The summed E-state index contributed by atoms with van der Waals surface area (Å²) in [4.78, 5) is 19.6. The number of benzene rings is 2. The molecule has 2 unspecified atom stereocenters. The molecule has 1 fully saturated rings. The Morgan fingerprint density at radius 3 is 2.63 bits per heavy atom. The molecule has 2 atom stereocenters. The molecule has 184 valence electrons. The van der Waals surface area contributed by atoms with E-state index in [0.29, 0.717) is 23.7 Å². The lowest BCUT2D eigenvalue weighted by atomic mass is 9.91. The second-order valence-corrected chi connectivity index (χ2v) is 8.57. The van der Waals surface area contributed by atoms with Gasteiger partial charge in [0.05, 0.1) is 18.8 Å². The number of methoxy groups -OCH3 is 1. The van der Waals surface area contributed by atoms with Crippen LogP contribution in [0.1, 0.15) is 50.3 Å². The van der Waals surface area contributed by atoms with Gasteiger partial charge in [-0.2, -0.15) is 4.99 Å². The van der Waals surface area contributed by atoms with Crippen molar-refractivity contribution in [1.29, 1.82) is 0 Å². The number of likely N-dealkylation sites (tertiary alicyclic amines) is 1. The number of hydrogen-bond donors (Lipinski definition) is 1. The Balaban J connectivity index is 1.94. The molecule has 0 aromatic heterocycles. The standard InChI is InChI=1S/C28H33FN4O2/c1-5-32(18-20(2)30)26-15-9-22(17-27(26)35-4)10-16-28(31-19-34)33-21(3)7-6-8-25(33)23-11-13-24(29)14-12-23/h5,9-19,21,25H,1,6-8,30H2,2-4H3/b16-10+,20-18-,31-28?. The van der Waals surface area contributed by atoms with Crippen molar-refractivity contribution in [1.82, 2.24) is 4.90 Å². The number of nitrogens with two attached hydrogens (primary N) is 1. The molecule has 0 bridgehead atoms. The van der Waals surface area contributed by atoms with Crippen molar-refractivity contribution in [3.63, 3.8) is 0 Å². The molecule has 1 saturated heterocycles. The van der Waals surface area contributed by atoms with Crippen LogP contribution < -0.4 is 15.4 Å². The number of amidine groups is 1. The van der Waals surface area contributed by atoms with Crippen LogP contribution >= 0.6 is 0 Å². The van der Waals surface area contributed by atoms with Crippen LogP contribution in [0.2, 0.25) is 0 Å². The summed E-state index contributed by atoms with van der Waals surface area (Å²) in [5.41, 5.74) is 9.15. The van der Waals surface area contributed by atoms with E-state index in [-0.39, 0.29) is 17.9 Å². The van der Waals surface area contributed by atoms with Crippen LogP contribution in [0.4, 0.5) is 10.1 Å². The van der Waals surface area contributed by atoms with Gasteiger partial charge in [0.1, 0.15) is 17.4 Å². The van der Waals surface area contributed by atoms with Crippen molar-refractivity contribution < 1.29 is 13.9 Å². The van der Waals surface area contributed by atoms with Gasteiger partial charge in [0.15, 0.2) is 0 Å². The minimum Gasteiger partial charge on any atom is -0.495 e. The van der Waals surface area contributed by atoms with Gasteiger partial charge >= 0.3 is 0 Å². The Kier molecular flexibility index (Phi) is 8.84. The molecular formula is C28H33FN4O2. The Morgan fingerprint density at radius 2 is 2.00 bits per heavy atom. The Hall–Kier alpha value is -3.87. The maximum Gasteiger partial charge on any atom is 0.234 e. The van der Waals surface area contributed by atoms with E-state index in [0.717, 1.165) is 36.1 Å². The van der Waals surface area contributed by atoms with E-state index in [4.69, 9.17) is 10.5 Å². The second kappa shape index (κ2) is 12.0. The quantitative estimate of drug-likeness (QED) is 0.297. The molecule has 2 aromatic carbocycles. The molecule has 0 aliphatic carbocycles. The molecule has 1 aliphatic heterocycles. The number of allylic oxidation sites excluding steroid dienone is 1. The first-order valence-corrected chi connectivity index (χ1v) is 11.6. The summed E-state index contributed by atoms with van der Waals surface area (Å²) in [7, 11) is 1.61. The first kappa shape index (κ1) is 25.7. The number of ether oxygens (including phenoxy) is 1. The first-order valence-electron chi connectivity index (χ1n) is 11.6. The van der Waals surface area contributed by atoms with Crippen LogP contribution in [-0.2, 0) is 4.79 Å². The molecular weight excluding hydrogens is 443 g/mol. The zero-order chi connectivity index (χ0) is 25.4. The van der Waals surface area contributed by atoms with Gasteiger partial charge in [-0.3, -0.25) is 4.79 Å². The lowest BCUT2D eigenvalue weighted by Gasteiger charge is -2.42. The molecule has 0 radical (unpaired) electrons. The summed E-state index contributed by atoms with van der Waals surface area (Å²) in [6.45, 7) is 7.77. The average Bonchev–Trinajstić information content (AvgIpc) is 2.85. The van der Waals surface area contributed by atoms with Gasteiger partial charge in [-0.1, -0.05) is 30.9 Å². The average molecular weight is 477 g/mol. The van der Waals surface area contributed by atoms with Gasteiger partial charge in [0.2, 0.25) is 6.41 Å². The number of nitrogens with zero attached hydrogens (tertiary/aromatic N) is 3. The van der Waals surface area contributed by atoms with Gasteiger partial charge in [-0.15, -0.1) is 0 Å². The van der Waals surface area contributed by atoms with Crippen LogP contribution in [0.3, 0.4) is 0 Å². The predicted molar refractivity (Wildman–Crippen MR) is 140 cm³/mol. The van der Waals surface area contributed by atoms with Crippen molar-refractivity contribution in [2.45, 2.75) is 45.2 Å². The maximum atomic E-state index is 13.5. The largest absolute Gasteiger partial charge is 0.495 e. The Morgan fingerprint density at radius 1 is 1.26 bits per heavy atom. The van der Waals surface area contributed by atoms with Crippen LogP contribution in [0.5, 0.6) is 5.75 Å². The summed E-state index contributed by atoms with van der Waals surface area (Å²) in [6, 6.07) is 12.5. The topological polar surface area (TPSA) is 71.2 Å². The number of carbonyl (C=O) groups is 1. The Bertz CT molecular complexity index is 1120. The molecule has 3 rings (SSSR count). The third kappa shape index (κ3) is 6.38. The smallest absolute Gasteiger partial charge is 0.234 e. The number of carbonyl (C=O) groups excluding carboxylic acids is 1. The molecule has 2 N–H and O–H groups in total. The SMILES string of the molecule is C=CN(/C=C(/C)N)c1ccc(/C=C/C(=NC=O)N2C(C)CCCC2c2ccc(F)cc2)cc1OC. The van der Waals surface area contributed by atoms with Crippen molar-refractivity contribution in [3.8, 4) is 5.75 Å². The van der Waals surface area contributed by atoms with Gasteiger partial charge in [-0.05, 0) is 74.6 Å². The fraction of sp³-hybridized carbons (Fsp3) is 0.286. The number of anilines is 1. The summed E-state index contributed by atoms with van der Waals surface area (Å²) in [5, 5.41) is 0. The number of hydrogen-bond acceptors (Lipinski definition) is 4. The highest BCUT2D eigenvalue weighted by atomic mass is 19.1. The Labute approximate surface area is 206 Å². The number of piperidine rings is 1. The van der Waals surface area contributed by atoms with Crippen LogP contribution in [0, 0.1) is 5.82 Å². The highest BCUT2D eigenvalue weighted by molar-refractivity contribution is 6.00. The van der Waals surface area contributed by atoms with Crippen LogP contribution in [0.15, 0.2) is 78.2 Å². The lowest BCUT2D eigenvalue weighted by molar-refractivity contribution is -0.106. The monoisotopic (exact) mass is 476 g/mol. The molecule has 6 nitrogen and oxygen atoms in total. The van der Waals surface area contributed by atoms with E-state index in [1.165, 1.54) is 12.1 Å². The summed E-state index contributed by atoms with van der Waals surface area (Å²) in [5.74, 6) is 0.947.